The van der Waals surface area contributed by atoms with Crippen molar-refractivity contribution in [3.05, 3.63) is 41.0 Å². The van der Waals surface area contributed by atoms with E-state index in [4.69, 9.17) is 28.4 Å². The first-order valence-electron chi connectivity index (χ1n) is 9.61. The number of hydrogen-bond donors (Lipinski definition) is 0. The van der Waals surface area contributed by atoms with Crippen molar-refractivity contribution in [2.24, 2.45) is 11.8 Å². The Hall–Kier alpha value is -2.61. The highest BCUT2D eigenvalue weighted by Crippen LogP contribution is 2.57. The first-order valence-corrected chi connectivity index (χ1v) is 10.5. The van der Waals surface area contributed by atoms with Crippen LogP contribution >= 0.6 is 15.9 Å². The molecule has 3 aliphatic rings. The average molecular weight is 477 g/mol. The van der Waals surface area contributed by atoms with Gasteiger partial charge in [0.15, 0.2) is 23.0 Å². The molecule has 2 aromatic rings. The Labute approximate surface area is 182 Å². The fourth-order valence-electron chi connectivity index (χ4n) is 4.78. The van der Waals surface area contributed by atoms with Crippen LogP contribution in [0.3, 0.4) is 0 Å². The zero-order valence-electron chi connectivity index (χ0n) is 16.8. The van der Waals surface area contributed by atoms with Crippen LogP contribution in [-0.4, -0.2) is 40.7 Å². The van der Waals surface area contributed by atoms with Crippen LogP contribution in [0.25, 0.3) is 0 Å². The van der Waals surface area contributed by atoms with Gasteiger partial charge >= 0.3 is 5.97 Å². The summed E-state index contributed by atoms with van der Waals surface area (Å²) in [5.74, 6) is 2.18. The van der Waals surface area contributed by atoms with Gasteiger partial charge in [-0.3, -0.25) is 4.79 Å². The van der Waals surface area contributed by atoms with E-state index in [1.165, 1.54) is 0 Å². The van der Waals surface area contributed by atoms with Gasteiger partial charge in [0, 0.05) is 16.7 Å². The molecule has 158 valence electrons. The molecule has 7 nitrogen and oxygen atoms in total. The lowest BCUT2D eigenvalue weighted by molar-refractivity contribution is -0.141. The number of benzene rings is 2. The Morgan fingerprint density at radius 2 is 1.53 bits per heavy atom. The van der Waals surface area contributed by atoms with Crippen molar-refractivity contribution in [1.29, 1.82) is 0 Å². The molecule has 0 bridgehead atoms. The van der Waals surface area contributed by atoms with E-state index in [-0.39, 0.29) is 35.3 Å². The largest absolute Gasteiger partial charge is 0.493 e. The summed E-state index contributed by atoms with van der Waals surface area (Å²) in [6, 6.07) is 7.78. The fourth-order valence-corrected chi connectivity index (χ4v) is 5.65. The molecule has 0 N–H and O–H groups in total. The van der Waals surface area contributed by atoms with Gasteiger partial charge in [0.25, 0.3) is 0 Å². The molecule has 2 aromatic carbocycles. The minimum atomic E-state index is -0.343. The normalized spacial score (nSPS) is 25.9. The van der Waals surface area contributed by atoms with Gasteiger partial charge in [-0.1, -0.05) is 15.9 Å². The molecule has 2 aliphatic heterocycles. The third kappa shape index (κ3) is 2.73. The fraction of sp³-hybridized carbons (Fsp3) is 0.409. The maximum absolute atomic E-state index is 12.8. The minimum Gasteiger partial charge on any atom is -0.493 e. The van der Waals surface area contributed by atoms with Gasteiger partial charge in [-0.25, -0.2) is 0 Å². The molecule has 1 fully saturated rings. The molecular weight excluding hydrogens is 456 g/mol. The van der Waals surface area contributed by atoms with E-state index < -0.39 is 0 Å². The van der Waals surface area contributed by atoms with Crippen LogP contribution in [-0.2, 0) is 9.53 Å². The Morgan fingerprint density at radius 1 is 0.900 bits per heavy atom. The van der Waals surface area contributed by atoms with Gasteiger partial charge in [0.2, 0.25) is 12.5 Å². The summed E-state index contributed by atoms with van der Waals surface area (Å²) in [7, 11) is 4.72. The number of carbonyl (C=O) groups is 1. The van der Waals surface area contributed by atoms with Crippen LogP contribution in [0, 0.1) is 11.8 Å². The van der Waals surface area contributed by atoms with Crippen LogP contribution in [0.15, 0.2) is 24.3 Å². The van der Waals surface area contributed by atoms with E-state index >= 15 is 0 Å². The van der Waals surface area contributed by atoms with Gasteiger partial charge in [-0.15, -0.1) is 0 Å². The number of rotatable bonds is 4. The average Bonchev–Trinajstić information content (AvgIpc) is 3.38. The highest BCUT2D eigenvalue weighted by Gasteiger charge is 2.52. The van der Waals surface area contributed by atoms with E-state index in [0.29, 0.717) is 35.4 Å². The molecule has 1 saturated heterocycles. The summed E-state index contributed by atoms with van der Waals surface area (Å²) >= 11 is 3.81. The summed E-state index contributed by atoms with van der Waals surface area (Å²) in [6.45, 7) is 0.559. The predicted molar refractivity (Wildman–Crippen MR) is 110 cm³/mol. The highest BCUT2D eigenvalue weighted by atomic mass is 79.9. The lowest BCUT2D eigenvalue weighted by Gasteiger charge is -2.37. The zero-order chi connectivity index (χ0) is 21.0. The predicted octanol–water partition coefficient (Wildman–Crippen LogP) is 3.81. The van der Waals surface area contributed by atoms with Gasteiger partial charge < -0.3 is 28.4 Å². The Kier molecular flexibility index (Phi) is 4.69. The number of esters is 1. The molecule has 0 radical (unpaired) electrons. The van der Waals surface area contributed by atoms with Crippen molar-refractivity contribution in [3.63, 3.8) is 0 Å². The van der Waals surface area contributed by atoms with E-state index in [1.807, 2.05) is 24.3 Å². The number of ether oxygens (including phenoxy) is 6. The topological polar surface area (TPSA) is 72.5 Å². The van der Waals surface area contributed by atoms with Crippen LogP contribution in [0.1, 0.15) is 27.4 Å². The molecule has 4 atom stereocenters. The SMILES string of the molecule is COc1cc([C@H]2c3cc4c(cc3[C@@H](Br)[C@H]3COC(=O)[C@H]23)OCO4)cc(OC)c1OC. The second kappa shape index (κ2) is 7.27. The standard InChI is InChI=1S/C22H21BrO7/c1-25-16-4-10(5-17(26-2)21(16)27-3)18-11-6-14-15(30-9-29-14)7-12(11)20(23)13-8-28-22(24)19(13)18/h4-7,13,18-20H,8-9H2,1-3H3/t13-,18-,19-,20+/m0/s1. The van der Waals surface area contributed by atoms with E-state index in [1.54, 1.807) is 21.3 Å². The third-order valence-corrected chi connectivity index (χ3v) is 7.32. The van der Waals surface area contributed by atoms with Crippen molar-refractivity contribution in [2.45, 2.75) is 10.7 Å². The maximum atomic E-state index is 12.8. The maximum Gasteiger partial charge on any atom is 0.310 e. The molecule has 8 heteroatoms. The van der Waals surface area contributed by atoms with E-state index in [0.717, 1.165) is 16.7 Å². The summed E-state index contributed by atoms with van der Waals surface area (Å²) in [6.07, 6.45) is 0. The van der Waals surface area contributed by atoms with Crippen LogP contribution in [0.2, 0.25) is 0 Å². The molecule has 1 aliphatic carbocycles. The van der Waals surface area contributed by atoms with Gasteiger partial charge in [0.05, 0.1) is 33.9 Å². The zero-order valence-corrected chi connectivity index (χ0v) is 18.4. The van der Waals surface area contributed by atoms with Crippen molar-refractivity contribution in [3.8, 4) is 28.7 Å². The number of cyclic esters (lactones) is 1. The number of hydrogen-bond acceptors (Lipinski definition) is 7. The summed E-state index contributed by atoms with van der Waals surface area (Å²) in [5.41, 5.74) is 2.95. The third-order valence-electron chi connectivity index (χ3n) is 6.14. The molecule has 0 saturated carbocycles. The van der Waals surface area contributed by atoms with Gasteiger partial charge in [0.1, 0.15) is 0 Å². The highest BCUT2D eigenvalue weighted by molar-refractivity contribution is 9.09. The molecule has 0 unspecified atom stereocenters. The lowest BCUT2D eigenvalue weighted by Crippen LogP contribution is -2.32. The first kappa shape index (κ1) is 19.4. The van der Waals surface area contributed by atoms with Gasteiger partial charge in [-0.2, -0.15) is 0 Å². The summed E-state index contributed by atoms with van der Waals surface area (Å²) < 4.78 is 33.3. The summed E-state index contributed by atoms with van der Waals surface area (Å²) in [5, 5.41) is 0. The molecule has 0 aromatic heterocycles. The first-order chi connectivity index (χ1) is 14.6. The molecular formula is C22H21BrO7. The molecule has 0 spiro atoms. The molecule has 0 amide bonds. The van der Waals surface area contributed by atoms with E-state index in [9.17, 15) is 4.79 Å². The van der Waals surface area contributed by atoms with Crippen LogP contribution in [0.4, 0.5) is 0 Å². The molecule has 5 rings (SSSR count). The number of carbonyl (C=O) groups excluding carboxylic acids is 1. The Bertz CT molecular complexity index is 996. The van der Waals surface area contributed by atoms with Crippen molar-refractivity contribution in [2.75, 3.05) is 34.7 Å². The minimum absolute atomic E-state index is 0.00513. The quantitative estimate of drug-likeness (QED) is 0.490. The number of fused-ring (bicyclic) bond motifs is 3. The lowest BCUT2D eigenvalue weighted by atomic mass is 9.67. The number of halogens is 1. The van der Waals surface area contributed by atoms with Crippen LogP contribution < -0.4 is 23.7 Å². The second-order valence-corrected chi connectivity index (χ2v) is 8.48. The molecule has 2 heterocycles. The summed E-state index contributed by atoms with van der Waals surface area (Å²) in [4.78, 5) is 12.8. The second-order valence-electron chi connectivity index (χ2n) is 7.49. The van der Waals surface area contributed by atoms with Crippen LogP contribution in [0.5, 0.6) is 28.7 Å². The van der Waals surface area contributed by atoms with Crippen molar-refractivity contribution < 1.29 is 33.2 Å². The van der Waals surface area contributed by atoms with Crippen molar-refractivity contribution in [1.82, 2.24) is 0 Å². The Balaban J connectivity index is 1.74. The molecule has 30 heavy (non-hydrogen) atoms. The van der Waals surface area contributed by atoms with Gasteiger partial charge in [-0.05, 0) is 41.0 Å². The number of alkyl halides is 1. The monoisotopic (exact) mass is 476 g/mol. The smallest absolute Gasteiger partial charge is 0.310 e. The van der Waals surface area contributed by atoms with E-state index in [2.05, 4.69) is 15.9 Å². The Morgan fingerprint density at radius 3 is 2.13 bits per heavy atom. The van der Waals surface area contributed by atoms with Crippen molar-refractivity contribution >= 4 is 21.9 Å². The number of methoxy groups -OCH3 is 3.